The van der Waals surface area contributed by atoms with Gasteiger partial charge in [-0.05, 0) is 37.4 Å². The van der Waals surface area contributed by atoms with Crippen LogP contribution < -0.4 is 4.72 Å². The van der Waals surface area contributed by atoms with Crippen LogP contribution in [0.15, 0.2) is 39.0 Å². The highest BCUT2D eigenvalue weighted by atomic mass is 32.2. The molecule has 0 aromatic carbocycles. The van der Waals surface area contributed by atoms with Crippen molar-refractivity contribution in [3.05, 3.63) is 46.8 Å². The van der Waals surface area contributed by atoms with Crippen molar-refractivity contribution < 1.29 is 12.8 Å². The first kappa shape index (κ1) is 16.0. The summed E-state index contributed by atoms with van der Waals surface area (Å²) >= 11 is 1.57. The molecule has 1 N–H and O–H groups in total. The van der Waals surface area contributed by atoms with Gasteiger partial charge in [0.1, 0.15) is 16.4 Å². The van der Waals surface area contributed by atoms with Crippen molar-refractivity contribution in [2.24, 2.45) is 7.05 Å². The van der Waals surface area contributed by atoms with E-state index in [9.17, 15) is 8.42 Å². The fourth-order valence-corrected chi connectivity index (χ4v) is 4.52. The normalized spacial score (nSPS) is 12.0. The van der Waals surface area contributed by atoms with Gasteiger partial charge in [0.2, 0.25) is 10.0 Å². The molecule has 6 nitrogen and oxygen atoms in total. The van der Waals surface area contributed by atoms with Gasteiger partial charge in [-0.25, -0.2) is 13.1 Å². The van der Waals surface area contributed by atoms with Gasteiger partial charge in [0.05, 0.1) is 22.8 Å². The van der Waals surface area contributed by atoms with Crippen LogP contribution in [0.5, 0.6) is 0 Å². The molecule has 3 rings (SSSR count). The van der Waals surface area contributed by atoms with Crippen LogP contribution in [0.1, 0.15) is 17.1 Å². The number of thiophene rings is 1. The number of nitrogens with zero attached hydrogens (tertiary/aromatic N) is 2. The van der Waals surface area contributed by atoms with E-state index in [1.54, 1.807) is 43.0 Å². The van der Waals surface area contributed by atoms with Gasteiger partial charge in [0.25, 0.3) is 0 Å². The van der Waals surface area contributed by atoms with E-state index in [1.165, 1.54) is 0 Å². The van der Waals surface area contributed by atoms with Crippen molar-refractivity contribution in [2.45, 2.75) is 25.3 Å². The minimum absolute atomic E-state index is 0.0987. The Morgan fingerprint density at radius 3 is 2.70 bits per heavy atom. The predicted molar refractivity (Wildman–Crippen MR) is 88.7 cm³/mol. The molecule has 0 bridgehead atoms. The fourth-order valence-electron chi connectivity index (χ4n) is 2.41. The molecule has 0 saturated heterocycles. The second-order valence-electron chi connectivity index (χ2n) is 5.19. The lowest BCUT2D eigenvalue weighted by Crippen LogP contribution is -2.24. The average Bonchev–Trinajstić information content (AvgIpc) is 3.19. The lowest BCUT2D eigenvalue weighted by atomic mass is 10.3. The largest absolute Gasteiger partial charge is 0.459 e. The highest BCUT2D eigenvalue weighted by Crippen LogP contribution is 2.26. The zero-order valence-corrected chi connectivity index (χ0v) is 14.7. The number of sulfonamides is 1. The number of aromatic nitrogens is 2. The summed E-state index contributed by atoms with van der Waals surface area (Å²) in [6, 6.07) is 7.52. The predicted octanol–water partition coefficient (Wildman–Crippen LogP) is 2.84. The molecule has 0 spiro atoms. The maximum atomic E-state index is 12.5. The second-order valence-corrected chi connectivity index (χ2v) is 7.84. The summed E-state index contributed by atoms with van der Waals surface area (Å²) in [4.78, 5) is 1.24. The van der Waals surface area contributed by atoms with Gasteiger partial charge < -0.3 is 4.42 Å². The molecule has 0 aliphatic heterocycles. The van der Waals surface area contributed by atoms with Crippen molar-refractivity contribution in [1.82, 2.24) is 14.5 Å². The number of rotatable bonds is 5. The molecular weight excluding hydrogens is 334 g/mol. The SMILES string of the molecule is Cc1nn(C)c(C)c1S(=O)(=O)NCc1ccc(-c2cccs2)o1. The third-order valence-electron chi connectivity index (χ3n) is 3.57. The van der Waals surface area contributed by atoms with Crippen LogP contribution in [-0.2, 0) is 23.6 Å². The first-order valence-corrected chi connectivity index (χ1v) is 9.37. The van der Waals surface area contributed by atoms with E-state index in [1.807, 2.05) is 23.6 Å². The molecule has 0 atom stereocenters. The fraction of sp³-hybridized carbons (Fsp3) is 0.267. The number of nitrogens with one attached hydrogen (secondary N) is 1. The molecular formula is C15H17N3O3S2. The molecule has 0 fully saturated rings. The molecule has 0 unspecified atom stereocenters. The van der Waals surface area contributed by atoms with Gasteiger partial charge in [0, 0.05) is 7.05 Å². The summed E-state index contributed by atoms with van der Waals surface area (Å²) in [6.45, 7) is 3.52. The Balaban J connectivity index is 1.77. The molecule has 0 aliphatic carbocycles. The third kappa shape index (κ3) is 3.10. The molecule has 3 aromatic heterocycles. The van der Waals surface area contributed by atoms with E-state index in [4.69, 9.17) is 4.42 Å². The zero-order chi connectivity index (χ0) is 16.6. The average molecular weight is 351 g/mol. The van der Waals surface area contributed by atoms with E-state index in [2.05, 4.69) is 9.82 Å². The van der Waals surface area contributed by atoms with Gasteiger partial charge in [-0.15, -0.1) is 11.3 Å². The highest BCUT2D eigenvalue weighted by Gasteiger charge is 2.23. The van der Waals surface area contributed by atoms with Crippen molar-refractivity contribution in [2.75, 3.05) is 0 Å². The minimum atomic E-state index is -3.63. The van der Waals surface area contributed by atoms with Gasteiger partial charge in [0.15, 0.2) is 0 Å². The first-order chi connectivity index (χ1) is 10.9. The maximum Gasteiger partial charge on any atom is 0.244 e. The Hall–Kier alpha value is -1.90. The third-order valence-corrected chi connectivity index (χ3v) is 6.11. The summed E-state index contributed by atoms with van der Waals surface area (Å²) in [6.07, 6.45) is 0. The molecule has 0 saturated carbocycles. The van der Waals surface area contributed by atoms with Crippen molar-refractivity contribution in [3.63, 3.8) is 0 Å². The highest BCUT2D eigenvalue weighted by molar-refractivity contribution is 7.89. The minimum Gasteiger partial charge on any atom is -0.459 e. The Bertz CT molecular complexity index is 921. The van der Waals surface area contributed by atoms with E-state index >= 15 is 0 Å². The molecule has 0 radical (unpaired) electrons. The summed E-state index contributed by atoms with van der Waals surface area (Å²) in [5, 5.41) is 6.11. The number of hydrogen-bond acceptors (Lipinski definition) is 5. The number of hydrogen-bond donors (Lipinski definition) is 1. The summed E-state index contributed by atoms with van der Waals surface area (Å²) < 4.78 is 34.8. The number of aryl methyl sites for hydroxylation is 2. The molecule has 0 amide bonds. The van der Waals surface area contributed by atoms with E-state index in [0.717, 1.165) is 10.6 Å². The quantitative estimate of drug-likeness (QED) is 0.767. The van der Waals surface area contributed by atoms with Gasteiger partial charge in [-0.3, -0.25) is 4.68 Å². The summed E-state index contributed by atoms with van der Waals surface area (Å²) in [7, 11) is -1.91. The Labute approximate surface area is 138 Å². The van der Waals surface area contributed by atoms with Crippen LogP contribution in [0.25, 0.3) is 10.6 Å². The monoisotopic (exact) mass is 351 g/mol. The molecule has 122 valence electrons. The van der Waals surface area contributed by atoms with Crippen LogP contribution >= 0.6 is 11.3 Å². The van der Waals surface area contributed by atoms with Gasteiger partial charge in [-0.1, -0.05) is 6.07 Å². The Morgan fingerprint density at radius 1 is 1.30 bits per heavy atom. The smallest absolute Gasteiger partial charge is 0.244 e. The second kappa shape index (κ2) is 5.95. The zero-order valence-electron chi connectivity index (χ0n) is 13.0. The lowest BCUT2D eigenvalue weighted by molar-refractivity contribution is 0.510. The topological polar surface area (TPSA) is 77.1 Å². The maximum absolute atomic E-state index is 12.5. The lowest BCUT2D eigenvalue weighted by Gasteiger charge is -2.05. The van der Waals surface area contributed by atoms with Gasteiger partial charge >= 0.3 is 0 Å². The van der Waals surface area contributed by atoms with Crippen LogP contribution in [0.3, 0.4) is 0 Å². The van der Waals surface area contributed by atoms with E-state index in [-0.39, 0.29) is 11.4 Å². The Morgan fingerprint density at radius 2 is 2.09 bits per heavy atom. The van der Waals surface area contributed by atoms with Gasteiger partial charge in [-0.2, -0.15) is 5.10 Å². The van der Waals surface area contributed by atoms with Crippen LogP contribution in [0.4, 0.5) is 0 Å². The molecule has 3 heterocycles. The summed E-state index contributed by atoms with van der Waals surface area (Å²) in [5.74, 6) is 1.30. The molecule has 0 aliphatic rings. The van der Waals surface area contributed by atoms with E-state index < -0.39 is 10.0 Å². The summed E-state index contributed by atoms with van der Waals surface area (Å²) in [5.41, 5.74) is 1.09. The van der Waals surface area contributed by atoms with E-state index in [0.29, 0.717) is 17.1 Å². The Kier molecular flexibility index (Phi) is 4.13. The van der Waals surface area contributed by atoms with Crippen LogP contribution in [0, 0.1) is 13.8 Å². The van der Waals surface area contributed by atoms with Crippen molar-refractivity contribution in [3.8, 4) is 10.6 Å². The molecule has 8 heteroatoms. The standard InChI is InChI=1S/C15H17N3O3S2/c1-10-15(11(2)18(3)17-10)23(19,20)16-9-12-6-7-13(21-12)14-5-4-8-22-14/h4-8,16H,9H2,1-3H3. The molecule has 23 heavy (non-hydrogen) atoms. The van der Waals surface area contributed by atoms with Crippen LogP contribution in [0.2, 0.25) is 0 Å². The van der Waals surface area contributed by atoms with Crippen molar-refractivity contribution >= 4 is 21.4 Å². The molecule has 3 aromatic rings. The number of furan rings is 1. The van der Waals surface area contributed by atoms with Crippen LogP contribution in [-0.4, -0.2) is 18.2 Å². The van der Waals surface area contributed by atoms with Crippen molar-refractivity contribution in [1.29, 1.82) is 0 Å². The first-order valence-electron chi connectivity index (χ1n) is 7.01.